The Bertz CT molecular complexity index is 505. The number of hydrogen-bond acceptors (Lipinski definition) is 2. The molecule has 0 saturated heterocycles. The van der Waals surface area contributed by atoms with Gasteiger partial charge in [-0.1, -0.05) is 46.5 Å². The van der Waals surface area contributed by atoms with Gasteiger partial charge in [0.05, 0.1) is 0 Å². The van der Waals surface area contributed by atoms with Crippen LogP contribution in [0.2, 0.25) is 0 Å². The van der Waals surface area contributed by atoms with E-state index in [4.69, 9.17) is 9.47 Å². The molecule has 0 aliphatic carbocycles. The van der Waals surface area contributed by atoms with Gasteiger partial charge in [0.2, 0.25) is 0 Å². The van der Waals surface area contributed by atoms with Crippen LogP contribution in [0.15, 0.2) is 0 Å². The molecule has 0 atom stereocenters. The number of halogens is 10. The highest BCUT2D eigenvalue weighted by molar-refractivity contribution is 4.76. The predicted octanol–water partition coefficient (Wildman–Crippen LogP) is 9.08. The second-order valence-corrected chi connectivity index (χ2v) is 9.15. The van der Waals surface area contributed by atoms with Crippen molar-refractivity contribution in [2.45, 2.75) is 122 Å². The monoisotopic (exact) mass is 522 g/mol. The normalized spacial score (nSPS) is 14.3. The summed E-state index contributed by atoms with van der Waals surface area (Å²) in [6.07, 6.45) is -11.9. The number of ether oxygens (including phenoxy) is 2. The molecule has 0 heterocycles. The highest BCUT2D eigenvalue weighted by Gasteiger charge is 2.57. The fourth-order valence-corrected chi connectivity index (χ4v) is 2.94. The molecule has 0 spiro atoms. The second-order valence-electron chi connectivity index (χ2n) is 9.15. The molecule has 2 nitrogen and oxygen atoms in total. The molecule has 0 rings (SSSR count). The fraction of sp³-hybridized carbons (Fsp3) is 1.00. The summed E-state index contributed by atoms with van der Waals surface area (Å²) in [5.74, 6) is -9.38. The molecule has 34 heavy (non-hydrogen) atoms. The van der Waals surface area contributed by atoms with Gasteiger partial charge >= 0.3 is 24.2 Å². The molecule has 0 N–H and O–H groups in total. The van der Waals surface area contributed by atoms with Crippen molar-refractivity contribution in [3.8, 4) is 0 Å². The summed E-state index contributed by atoms with van der Waals surface area (Å²) in [4.78, 5) is 0. The Hall–Kier alpha value is -0.780. The predicted molar refractivity (Wildman–Crippen MR) is 108 cm³/mol. The topological polar surface area (TPSA) is 18.5 Å². The zero-order chi connectivity index (χ0) is 26.7. The van der Waals surface area contributed by atoms with E-state index in [-0.39, 0.29) is 44.3 Å². The van der Waals surface area contributed by atoms with E-state index in [1.54, 1.807) is 0 Å². The summed E-state index contributed by atoms with van der Waals surface area (Å²) in [5, 5.41) is 0. The maximum Gasteiger partial charge on any atom is 0.453 e. The molecule has 0 aliphatic heterocycles. The van der Waals surface area contributed by atoms with E-state index in [0.29, 0.717) is 32.1 Å². The summed E-state index contributed by atoms with van der Waals surface area (Å²) >= 11 is 0. The molecule has 0 fully saturated rings. The van der Waals surface area contributed by atoms with Crippen LogP contribution in [0.4, 0.5) is 43.9 Å². The van der Waals surface area contributed by atoms with Gasteiger partial charge in [0.15, 0.2) is 6.29 Å². The van der Waals surface area contributed by atoms with Crippen LogP contribution in [0, 0.1) is 5.41 Å². The lowest BCUT2D eigenvalue weighted by atomic mass is 9.89. The maximum absolute atomic E-state index is 12.9. The van der Waals surface area contributed by atoms with Crippen molar-refractivity contribution >= 4 is 0 Å². The Morgan fingerprint density at radius 3 is 1.15 bits per heavy atom. The molecule has 0 radical (unpaired) electrons. The molecule has 0 saturated carbocycles. The highest BCUT2D eigenvalue weighted by atomic mass is 19.4. The molecule has 206 valence electrons. The van der Waals surface area contributed by atoms with Crippen LogP contribution in [0.3, 0.4) is 0 Å². The van der Waals surface area contributed by atoms with Gasteiger partial charge in [-0.05, 0) is 32.1 Å². The third-order valence-corrected chi connectivity index (χ3v) is 5.69. The standard InChI is InChI=1S/C22H36F10O2/c1-4-18(2,3)17(33-15-11-7-5-9-13-19(23,24)21(27,28)29)34-16-12-8-6-10-14-20(25,26)22(30,31)32/h17H,4-16H2,1-3H3. The second kappa shape index (κ2) is 14.1. The van der Waals surface area contributed by atoms with E-state index in [2.05, 4.69) is 0 Å². The maximum atomic E-state index is 12.9. The molecule has 0 bridgehead atoms. The molecule has 0 aromatic heterocycles. The summed E-state index contributed by atoms with van der Waals surface area (Å²) in [5.41, 5.74) is -0.385. The number of rotatable bonds is 18. The number of alkyl halides is 10. The van der Waals surface area contributed by atoms with E-state index < -0.39 is 43.3 Å². The summed E-state index contributed by atoms with van der Waals surface area (Å²) in [6.45, 7) is 6.15. The highest BCUT2D eigenvalue weighted by Crippen LogP contribution is 2.40. The van der Waals surface area contributed by atoms with Gasteiger partial charge in [0.25, 0.3) is 0 Å². The van der Waals surface area contributed by atoms with Gasteiger partial charge in [-0.3, -0.25) is 0 Å². The lowest BCUT2D eigenvalue weighted by molar-refractivity contribution is -0.284. The van der Waals surface area contributed by atoms with Crippen LogP contribution in [-0.2, 0) is 9.47 Å². The quantitative estimate of drug-likeness (QED) is 0.102. The van der Waals surface area contributed by atoms with Crippen LogP contribution in [0.25, 0.3) is 0 Å². The third-order valence-electron chi connectivity index (χ3n) is 5.69. The average molecular weight is 523 g/mol. The minimum atomic E-state index is -5.54. The zero-order valence-corrected chi connectivity index (χ0v) is 19.9. The lowest BCUT2D eigenvalue weighted by Gasteiger charge is -2.33. The van der Waals surface area contributed by atoms with Gasteiger partial charge in [-0.15, -0.1) is 0 Å². The Balaban J connectivity index is 4.17. The third kappa shape index (κ3) is 12.3. The van der Waals surface area contributed by atoms with Crippen molar-refractivity contribution in [3.05, 3.63) is 0 Å². The van der Waals surface area contributed by atoms with Crippen LogP contribution in [0.1, 0.15) is 91.4 Å². The van der Waals surface area contributed by atoms with Gasteiger partial charge in [0.1, 0.15) is 0 Å². The van der Waals surface area contributed by atoms with Crippen LogP contribution in [0.5, 0.6) is 0 Å². The lowest BCUT2D eigenvalue weighted by Crippen LogP contribution is -2.36. The summed E-state index contributed by atoms with van der Waals surface area (Å²) in [7, 11) is 0. The first-order valence-electron chi connectivity index (χ1n) is 11.5. The molecule has 0 unspecified atom stereocenters. The average Bonchev–Trinajstić information content (AvgIpc) is 2.68. The van der Waals surface area contributed by atoms with Crippen LogP contribution < -0.4 is 0 Å². The van der Waals surface area contributed by atoms with Gasteiger partial charge in [-0.25, -0.2) is 0 Å². The zero-order valence-electron chi connectivity index (χ0n) is 19.9. The van der Waals surface area contributed by atoms with E-state index >= 15 is 0 Å². The summed E-state index contributed by atoms with van der Waals surface area (Å²) in [6, 6.07) is 0. The van der Waals surface area contributed by atoms with Gasteiger partial charge < -0.3 is 9.47 Å². The van der Waals surface area contributed by atoms with Gasteiger partial charge in [0, 0.05) is 31.5 Å². The van der Waals surface area contributed by atoms with Crippen LogP contribution >= 0.6 is 0 Å². The smallest absolute Gasteiger partial charge is 0.352 e. The van der Waals surface area contributed by atoms with Crippen LogP contribution in [-0.4, -0.2) is 43.7 Å². The SMILES string of the molecule is CCC(C)(C)C(OCCCCCCC(F)(F)C(F)(F)F)OCCCCCCC(F)(F)C(F)(F)F. The van der Waals surface area contributed by atoms with Crippen molar-refractivity contribution in [1.82, 2.24) is 0 Å². The van der Waals surface area contributed by atoms with Gasteiger partial charge in [-0.2, -0.15) is 43.9 Å². The van der Waals surface area contributed by atoms with Crippen molar-refractivity contribution in [2.75, 3.05) is 13.2 Å². The van der Waals surface area contributed by atoms with E-state index in [1.807, 2.05) is 20.8 Å². The molecule has 0 aromatic rings. The van der Waals surface area contributed by atoms with E-state index in [1.165, 1.54) is 0 Å². The van der Waals surface area contributed by atoms with Crippen molar-refractivity contribution in [2.24, 2.45) is 5.41 Å². The minimum absolute atomic E-state index is 0.200. The first-order chi connectivity index (χ1) is 15.4. The van der Waals surface area contributed by atoms with E-state index in [9.17, 15) is 43.9 Å². The summed E-state index contributed by atoms with van der Waals surface area (Å²) < 4.78 is 136. The molecule has 0 aliphatic rings. The Morgan fingerprint density at radius 2 is 0.853 bits per heavy atom. The minimum Gasteiger partial charge on any atom is -0.352 e. The Kier molecular flexibility index (Phi) is 13.8. The molecular weight excluding hydrogens is 486 g/mol. The molecule has 12 heteroatoms. The molecule has 0 aromatic carbocycles. The number of hydrogen-bond donors (Lipinski definition) is 0. The first-order valence-corrected chi connectivity index (χ1v) is 11.5. The van der Waals surface area contributed by atoms with Crippen molar-refractivity contribution in [3.63, 3.8) is 0 Å². The van der Waals surface area contributed by atoms with Crippen molar-refractivity contribution in [1.29, 1.82) is 0 Å². The first kappa shape index (κ1) is 33.2. The van der Waals surface area contributed by atoms with E-state index in [0.717, 1.165) is 0 Å². The largest absolute Gasteiger partial charge is 0.453 e. The molecular formula is C22H36F10O2. The Morgan fingerprint density at radius 1 is 0.529 bits per heavy atom. The molecule has 0 amide bonds. The number of unbranched alkanes of at least 4 members (excludes halogenated alkanes) is 6. The van der Waals surface area contributed by atoms with Crippen molar-refractivity contribution < 1.29 is 53.4 Å². The fourth-order valence-electron chi connectivity index (χ4n) is 2.94. The Labute approximate surface area is 194 Å².